The largest absolute Gasteiger partial charge is 0.465 e. The molecule has 5 nitrogen and oxygen atoms in total. The first kappa shape index (κ1) is 24.4. The summed E-state index contributed by atoms with van der Waals surface area (Å²) in [7, 11) is 1.32. The molecule has 1 amide bonds. The third-order valence-corrected chi connectivity index (χ3v) is 7.24. The summed E-state index contributed by atoms with van der Waals surface area (Å²) in [6.07, 6.45) is 6.02. The number of anilines is 1. The summed E-state index contributed by atoms with van der Waals surface area (Å²) < 4.78 is 5.04. The molecule has 4 rings (SSSR count). The van der Waals surface area contributed by atoms with Crippen LogP contribution in [0.1, 0.15) is 65.2 Å². The number of thiophene rings is 1. The van der Waals surface area contributed by atoms with E-state index in [2.05, 4.69) is 31.3 Å². The van der Waals surface area contributed by atoms with Gasteiger partial charge in [-0.15, -0.1) is 11.3 Å². The van der Waals surface area contributed by atoms with Crippen molar-refractivity contribution < 1.29 is 14.3 Å². The lowest BCUT2D eigenvalue weighted by atomic mass is 9.89. The number of nitrogens with one attached hydrogen (secondary N) is 1. The molecule has 3 aromatic rings. The highest BCUT2D eigenvalue weighted by molar-refractivity contribution is 7.15. The van der Waals surface area contributed by atoms with Crippen molar-refractivity contribution in [2.24, 2.45) is 0 Å². The number of fused-ring (bicyclic) bond motifs is 1. The lowest BCUT2D eigenvalue weighted by Crippen LogP contribution is -2.15. The van der Waals surface area contributed by atoms with Crippen LogP contribution < -0.4 is 5.32 Å². The predicted octanol–water partition coefficient (Wildman–Crippen LogP) is 6.75. The number of nitrogens with zero attached hydrogens (tertiary/aromatic N) is 1. The second kappa shape index (κ2) is 10.7. The van der Waals surface area contributed by atoms with Gasteiger partial charge in [0, 0.05) is 10.9 Å². The van der Waals surface area contributed by atoms with Crippen molar-refractivity contribution in [1.29, 1.82) is 5.26 Å². The van der Waals surface area contributed by atoms with Gasteiger partial charge < -0.3 is 10.1 Å². The number of rotatable bonds is 6. The molecule has 35 heavy (non-hydrogen) atoms. The standard InChI is InChI=1S/C29H28N2O3S/c1-18(2)20-10-8-19(9-11-20)14-24(16-30)27(32)31-28-26(29(33)34-3)25(17-35-28)23-13-12-21-6-4-5-7-22(21)15-23/h8-15,17-18H,4-7H2,1-3H3,(H,31,32)/b24-14+. The maximum absolute atomic E-state index is 13.0. The number of aryl methyl sites for hydroxylation is 2. The third kappa shape index (κ3) is 5.36. The topological polar surface area (TPSA) is 79.2 Å². The first-order valence-electron chi connectivity index (χ1n) is 11.8. The monoisotopic (exact) mass is 484 g/mol. The third-order valence-electron chi connectivity index (χ3n) is 6.35. The van der Waals surface area contributed by atoms with Gasteiger partial charge >= 0.3 is 5.97 Å². The van der Waals surface area contributed by atoms with Gasteiger partial charge in [-0.25, -0.2) is 4.79 Å². The van der Waals surface area contributed by atoms with E-state index >= 15 is 0 Å². The second-order valence-electron chi connectivity index (χ2n) is 8.98. The van der Waals surface area contributed by atoms with Crippen molar-refractivity contribution in [3.63, 3.8) is 0 Å². The summed E-state index contributed by atoms with van der Waals surface area (Å²) in [5, 5.41) is 14.6. The Labute approximate surface area is 210 Å². The Morgan fingerprint density at radius 3 is 2.46 bits per heavy atom. The van der Waals surface area contributed by atoms with Crippen LogP contribution in [0.4, 0.5) is 5.00 Å². The summed E-state index contributed by atoms with van der Waals surface area (Å²) >= 11 is 1.25. The van der Waals surface area contributed by atoms with Crippen LogP contribution in [0.25, 0.3) is 17.2 Å². The van der Waals surface area contributed by atoms with Gasteiger partial charge in [0.1, 0.15) is 22.2 Å². The Kier molecular flexibility index (Phi) is 7.48. The number of esters is 1. The predicted molar refractivity (Wildman–Crippen MR) is 140 cm³/mol. The SMILES string of the molecule is COC(=O)c1c(-c2ccc3c(c2)CCCC3)csc1NC(=O)/C(C#N)=C/c1ccc(C(C)C)cc1. The van der Waals surface area contributed by atoms with Crippen LogP contribution in [-0.4, -0.2) is 19.0 Å². The van der Waals surface area contributed by atoms with Gasteiger partial charge in [0.25, 0.3) is 5.91 Å². The minimum absolute atomic E-state index is 0.0400. The average Bonchev–Trinajstić information content (AvgIpc) is 3.30. The number of methoxy groups -OCH3 is 1. The van der Waals surface area contributed by atoms with E-state index in [9.17, 15) is 14.9 Å². The van der Waals surface area contributed by atoms with Crippen molar-refractivity contribution in [3.8, 4) is 17.2 Å². The molecule has 0 fully saturated rings. The van der Waals surface area contributed by atoms with Gasteiger partial charge in [-0.2, -0.15) is 5.26 Å². The maximum Gasteiger partial charge on any atom is 0.341 e. The van der Waals surface area contributed by atoms with E-state index in [0.29, 0.717) is 16.5 Å². The van der Waals surface area contributed by atoms with E-state index in [-0.39, 0.29) is 5.57 Å². The van der Waals surface area contributed by atoms with Gasteiger partial charge in [-0.05, 0) is 65.5 Å². The number of carbonyl (C=O) groups is 2. The number of ether oxygens (including phenoxy) is 1. The first-order chi connectivity index (χ1) is 16.9. The molecule has 2 aromatic carbocycles. The van der Waals surface area contributed by atoms with Gasteiger partial charge in [-0.3, -0.25) is 4.79 Å². The molecule has 0 bridgehead atoms. The normalized spacial score (nSPS) is 13.2. The van der Waals surface area contributed by atoms with Gasteiger partial charge in [-0.1, -0.05) is 56.3 Å². The lowest BCUT2D eigenvalue weighted by molar-refractivity contribution is -0.112. The summed E-state index contributed by atoms with van der Waals surface area (Å²) in [5.41, 5.74) is 6.51. The second-order valence-corrected chi connectivity index (χ2v) is 9.86. The van der Waals surface area contributed by atoms with Crippen LogP contribution in [0.3, 0.4) is 0 Å². The van der Waals surface area contributed by atoms with E-state index < -0.39 is 11.9 Å². The Hall–Kier alpha value is -3.69. The molecule has 0 aliphatic heterocycles. The number of hydrogen-bond donors (Lipinski definition) is 1. The fourth-order valence-corrected chi connectivity index (χ4v) is 5.28. The Morgan fingerprint density at radius 2 is 1.80 bits per heavy atom. The lowest BCUT2D eigenvalue weighted by Gasteiger charge is -2.16. The summed E-state index contributed by atoms with van der Waals surface area (Å²) in [5.74, 6) is -0.697. The van der Waals surface area contributed by atoms with Crippen LogP contribution >= 0.6 is 11.3 Å². The molecule has 0 saturated carbocycles. The van der Waals surface area contributed by atoms with Gasteiger partial charge in [0.05, 0.1) is 7.11 Å². The molecule has 1 aliphatic carbocycles. The van der Waals surface area contributed by atoms with Crippen molar-refractivity contribution in [1.82, 2.24) is 0 Å². The Balaban J connectivity index is 1.63. The molecule has 1 aromatic heterocycles. The highest BCUT2D eigenvalue weighted by Crippen LogP contribution is 2.38. The zero-order valence-corrected chi connectivity index (χ0v) is 21.0. The fourth-order valence-electron chi connectivity index (χ4n) is 4.33. The van der Waals surface area contributed by atoms with E-state index in [1.165, 1.54) is 41.6 Å². The van der Waals surface area contributed by atoms with Crippen molar-refractivity contribution >= 4 is 34.3 Å². The average molecular weight is 485 g/mol. The molecule has 0 atom stereocenters. The number of amides is 1. The molecule has 0 radical (unpaired) electrons. The zero-order valence-electron chi connectivity index (χ0n) is 20.2. The smallest absolute Gasteiger partial charge is 0.341 e. The van der Waals surface area contributed by atoms with E-state index in [1.54, 1.807) is 6.08 Å². The molecular weight excluding hydrogens is 456 g/mol. The molecule has 0 unspecified atom stereocenters. The number of carbonyl (C=O) groups excluding carboxylic acids is 2. The highest BCUT2D eigenvalue weighted by Gasteiger charge is 2.24. The summed E-state index contributed by atoms with van der Waals surface area (Å²) in [6.45, 7) is 4.22. The van der Waals surface area contributed by atoms with Gasteiger partial charge in [0.2, 0.25) is 0 Å². The fraction of sp³-hybridized carbons (Fsp3) is 0.276. The maximum atomic E-state index is 13.0. The molecule has 6 heteroatoms. The summed E-state index contributed by atoms with van der Waals surface area (Å²) in [4.78, 5) is 25.7. The molecule has 0 saturated heterocycles. The molecule has 1 N–H and O–H groups in total. The number of hydrogen-bond acceptors (Lipinski definition) is 5. The van der Waals surface area contributed by atoms with Crippen LogP contribution in [0.2, 0.25) is 0 Å². The highest BCUT2D eigenvalue weighted by atomic mass is 32.1. The van der Waals surface area contributed by atoms with Crippen molar-refractivity contribution in [2.45, 2.75) is 45.4 Å². The zero-order chi connectivity index (χ0) is 24.9. The van der Waals surface area contributed by atoms with E-state index in [4.69, 9.17) is 4.74 Å². The number of nitriles is 1. The molecule has 0 spiro atoms. The summed E-state index contributed by atoms with van der Waals surface area (Å²) in [6, 6.07) is 16.0. The van der Waals surface area contributed by atoms with Crippen molar-refractivity contribution in [2.75, 3.05) is 12.4 Å². The van der Waals surface area contributed by atoms with Crippen LogP contribution in [-0.2, 0) is 22.4 Å². The van der Waals surface area contributed by atoms with E-state index in [0.717, 1.165) is 36.0 Å². The molecule has 178 valence electrons. The van der Waals surface area contributed by atoms with Crippen LogP contribution in [0, 0.1) is 11.3 Å². The molecular formula is C29H28N2O3S. The van der Waals surface area contributed by atoms with Gasteiger partial charge in [0.15, 0.2) is 0 Å². The minimum atomic E-state index is -0.565. The molecule has 1 aliphatic rings. The molecule has 1 heterocycles. The van der Waals surface area contributed by atoms with Crippen LogP contribution in [0.15, 0.2) is 53.4 Å². The minimum Gasteiger partial charge on any atom is -0.465 e. The van der Waals surface area contributed by atoms with Crippen molar-refractivity contribution in [3.05, 3.63) is 81.2 Å². The van der Waals surface area contributed by atoms with Crippen LogP contribution in [0.5, 0.6) is 0 Å². The Bertz CT molecular complexity index is 1330. The number of benzene rings is 2. The first-order valence-corrected chi connectivity index (χ1v) is 12.6. The van der Waals surface area contributed by atoms with E-state index in [1.807, 2.05) is 41.8 Å². The quantitative estimate of drug-likeness (QED) is 0.238. The Morgan fingerprint density at radius 1 is 1.09 bits per heavy atom.